The number of oxime groups is 1. The van der Waals surface area contributed by atoms with Gasteiger partial charge < -0.3 is 9.94 Å². The monoisotopic (exact) mass is 619 g/mol. The Hall–Kier alpha value is -2.35. The van der Waals surface area contributed by atoms with Gasteiger partial charge in [-0.3, -0.25) is 4.79 Å². The molecule has 0 amide bonds. The van der Waals surface area contributed by atoms with E-state index in [1.807, 2.05) is 24.3 Å². The van der Waals surface area contributed by atoms with Crippen LogP contribution in [-0.2, 0) is 16.2 Å². The Morgan fingerprint density at radius 3 is 2.55 bits per heavy atom. The van der Waals surface area contributed by atoms with Crippen LogP contribution in [0.3, 0.4) is 0 Å². The summed E-state index contributed by atoms with van der Waals surface area (Å²) in [7, 11) is 0. The number of hydrogen-bond acceptors (Lipinski definition) is 4. The van der Waals surface area contributed by atoms with Crippen LogP contribution in [0.1, 0.15) is 80.9 Å². The maximum atomic E-state index is 14.4. The standard InChI is InChI=1S/C33H34Cl2F3NO3/c1-31-16-26(21-5-2-19(3-6-21)17-39-42-18-20-4-11-28(34)29(35)14-20)30-24-10-8-23(40)15-22(24)7-9-25(30)27(31)12-13-32(31,41)33(36,37)38/h2-6,11,14,17,22,25-27,41H,7-10,12-13,15-16,18H2,1H3/b39-17+/t22?,25?,26?,27?,31?,32-/m0/s1. The van der Waals surface area contributed by atoms with Gasteiger partial charge in [0, 0.05) is 24.2 Å². The van der Waals surface area contributed by atoms with Gasteiger partial charge in [0.05, 0.1) is 16.3 Å². The lowest BCUT2D eigenvalue weighted by atomic mass is 9.50. The summed E-state index contributed by atoms with van der Waals surface area (Å²) in [6.07, 6.45) is 0.545. The van der Waals surface area contributed by atoms with E-state index < -0.39 is 17.2 Å². The second-order valence-corrected chi connectivity index (χ2v) is 13.5. The van der Waals surface area contributed by atoms with Crippen molar-refractivity contribution in [3.63, 3.8) is 0 Å². The number of benzene rings is 2. The lowest BCUT2D eigenvalue weighted by molar-refractivity contribution is -0.299. The average Bonchev–Trinajstić information content (AvgIpc) is 3.24. The molecule has 6 rings (SSSR count). The summed E-state index contributed by atoms with van der Waals surface area (Å²) in [6.45, 7) is 1.88. The number of alkyl halides is 3. The van der Waals surface area contributed by atoms with E-state index in [1.54, 1.807) is 31.3 Å². The minimum atomic E-state index is -4.70. The summed E-state index contributed by atoms with van der Waals surface area (Å²) in [4.78, 5) is 17.7. The molecule has 0 radical (unpaired) electrons. The van der Waals surface area contributed by atoms with Crippen LogP contribution >= 0.6 is 23.2 Å². The molecule has 2 aromatic rings. The highest BCUT2D eigenvalue weighted by Crippen LogP contribution is 2.69. The van der Waals surface area contributed by atoms with Crippen molar-refractivity contribution >= 4 is 35.2 Å². The largest absolute Gasteiger partial charge is 0.417 e. The van der Waals surface area contributed by atoms with Crippen LogP contribution < -0.4 is 0 Å². The van der Waals surface area contributed by atoms with E-state index >= 15 is 0 Å². The zero-order chi connectivity index (χ0) is 29.9. The number of ketones is 1. The fraction of sp³-hybridized carbons (Fsp3) is 0.515. The first-order chi connectivity index (χ1) is 19.9. The minimum Gasteiger partial charge on any atom is -0.391 e. The highest BCUT2D eigenvalue weighted by atomic mass is 35.5. The predicted molar refractivity (Wildman–Crippen MR) is 157 cm³/mol. The fourth-order valence-electron chi connectivity index (χ4n) is 8.50. The van der Waals surface area contributed by atoms with Crippen molar-refractivity contribution in [2.75, 3.05) is 0 Å². The number of nitrogens with zero attached hydrogens (tertiary/aromatic N) is 1. The Morgan fingerprint density at radius 2 is 1.83 bits per heavy atom. The molecule has 4 aliphatic rings. The van der Waals surface area contributed by atoms with Crippen molar-refractivity contribution in [3.8, 4) is 0 Å². The Bertz CT molecular complexity index is 1440. The molecule has 42 heavy (non-hydrogen) atoms. The third kappa shape index (κ3) is 4.99. The van der Waals surface area contributed by atoms with E-state index in [1.165, 1.54) is 11.1 Å². The number of carbonyl (C=O) groups excluding carboxylic acids is 1. The van der Waals surface area contributed by atoms with Crippen LogP contribution in [0.5, 0.6) is 0 Å². The Labute approximate surface area is 253 Å². The molecule has 3 fully saturated rings. The maximum absolute atomic E-state index is 14.4. The summed E-state index contributed by atoms with van der Waals surface area (Å²) in [5.74, 6) is -0.0316. The lowest BCUT2D eigenvalue weighted by Crippen LogP contribution is -2.59. The molecule has 0 aromatic heterocycles. The topological polar surface area (TPSA) is 58.9 Å². The smallest absolute Gasteiger partial charge is 0.391 e. The molecule has 6 atom stereocenters. The average molecular weight is 621 g/mol. The molecule has 4 nitrogen and oxygen atoms in total. The van der Waals surface area contributed by atoms with Gasteiger partial charge in [-0.25, -0.2) is 0 Å². The minimum absolute atomic E-state index is 0.0133. The van der Waals surface area contributed by atoms with Crippen LogP contribution in [0, 0.1) is 23.2 Å². The first-order valence-electron chi connectivity index (χ1n) is 14.6. The predicted octanol–water partition coefficient (Wildman–Crippen LogP) is 8.82. The van der Waals surface area contributed by atoms with Crippen LogP contribution in [0.15, 0.2) is 58.8 Å². The summed E-state index contributed by atoms with van der Waals surface area (Å²) >= 11 is 12.0. The van der Waals surface area contributed by atoms with Gasteiger partial charge in [-0.15, -0.1) is 0 Å². The molecule has 0 spiro atoms. The van der Waals surface area contributed by atoms with Gasteiger partial charge in [-0.1, -0.05) is 76.8 Å². The highest BCUT2D eigenvalue weighted by molar-refractivity contribution is 6.42. The zero-order valence-corrected chi connectivity index (χ0v) is 24.9. The Morgan fingerprint density at radius 1 is 1.07 bits per heavy atom. The number of fused-ring (bicyclic) bond motifs is 4. The van der Waals surface area contributed by atoms with Crippen LogP contribution in [-0.4, -0.2) is 28.9 Å². The number of allylic oxidation sites excluding steroid dienone is 2. The summed E-state index contributed by atoms with van der Waals surface area (Å²) in [5.41, 5.74) is 1.09. The van der Waals surface area contributed by atoms with Crippen molar-refractivity contribution in [2.45, 2.75) is 82.6 Å². The quantitative estimate of drug-likeness (QED) is 0.207. The van der Waals surface area contributed by atoms with Gasteiger partial charge >= 0.3 is 6.18 Å². The zero-order valence-electron chi connectivity index (χ0n) is 23.4. The van der Waals surface area contributed by atoms with Gasteiger partial charge in [-0.2, -0.15) is 13.2 Å². The molecule has 9 heteroatoms. The Kier molecular flexibility index (Phi) is 7.76. The van der Waals surface area contributed by atoms with Crippen molar-refractivity contribution in [1.29, 1.82) is 0 Å². The molecular formula is C33H34Cl2F3NO3. The van der Waals surface area contributed by atoms with E-state index in [4.69, 9.17) is 28.0 Å². The molecule has 4 aliphatic carbocycles. The molecule has 224 valence electrons. The second kappa shape index (κ2) is 11.0. The lowest BCUT2D eigenvalue weighted by Gasteiger charge is -2.55. The van der Waals surface area contributed by atoms with E-state index in [9.17, 15) is 23.1 Å². The number of rotatable bonds is 5. The Balaban J connectivity index is 1.29. The molecular weight excluding hydrogens is 586 g/mol. The van der Waals surface area contributed by atoms with E-state index in [-0.39, 0.29) is 48.9 Å². The molecule has 0 aliphatic heterocycles. The molecule has 0 saturated heterocycles. The SMILES string of the molecule is CC12CC(c3ccc(/C=N/OCc4ccc(Cl)c(Cl)c4)cc3)C3=C4CCC(=O)CC4CCC3C1CC[C@@]2(O)C(F)(F)F. The van der Waals surface area contributed by atoms with E-state index in [0.29, 0.717) is 35.7 Å². The molecule has 2 aromatic carbocycles. The number of carbonyl (C=O) groups is 1. The van der Waals surface area contributed by atoms with Crippen molar-refractivity contribution in [2.24, 2.45) is 28.3 Å². The first kappa shape index (κ1) is 29.7. The fourth-order valence-corrected chi connectivity index (χ4v) is 8.82. The van der Waals surface area contributed by atoms with E-state index in [2.05, 4.69) is 5.16 Å². The number of hydrogen-bond donors (Lipinski definition) is 1. The van der Waals surface area contributed by atoms with Crippen LogP contribution in [0.25, 0.3) is 0 Å². The normalized spacial score (nSPS) is 33.0. The molecule has 1 N–H and O–H groups in total. The second-order valence-electron chi connectivity index (χ2n) is 12.7. The number of aliphatic hydroxyl groups is 1. The van der Waals surface area contributed by atoms with Gasteiger partial charge in [0.25, 0.3) is 0 Å². The third-order valence-corrected chi connectivity index (χ3v) is 11.3. The van der Waals surface area contributed by atoms with Crippen molar-refractivity contribution < 1.29 is 27.9 Å². The first-order valence-corrected chi connectivity index (χ1v) is 15.4. The number of Topliss-reactive ketones (excluding diaryl/α,β-unsaturated/α-hetero) is 1. The third-order valence-electron chi connectivity index (χ3n) is 10.6. The van der Waals surface area contributed by atoms with Gasteiger partial charge in [0.15, 0.2) is 5.60 Å². The van der Waals surface area contributed by atoms with Crippen molar-refractivity contribution in [1.82, 2.24) is 0 Å². The van der Waals surface area contributed by atoms with Gasteiger partial charge in [0.2, 0.25) is 0 Å². The summed E-state index contributed by atoms with van der Waals surface area (Å²) in [6, 6.07) is 12.9. The van der Waals surface area contributed by atoms with Gasteiger partial charge in [0.1, 0.15) is 12.4 Å². The van der Waals surface area contributed by atoms with Gasteiger partial charge in [-0.05, 0) is 85.1 Å². The van der Waals surface area contributed by atoms with E-state index in [0.717, 1.165) is 29.5 Å². The maximum Gasteiger partial charge on any atom is 0.417 e. The highest BCUT2D eigenvalue weighted by Gasteiger charge is 2.72. The van der Waals surface area contributed by atoms with Crippen molar-refractivity contribution in [3.05, 3.63) is 80.3 Å². The molecule has 3 saturated carbocycles. The summed E-state index contributed by atoms with van der Waals surface area (Å²) < 4.78 is 43.3. The molecule has 0 bridgehead atoms. The molecule has 5 unspecified atom stereocenters. The number of halogens is 5. The molecule has 0 heterocycles. The summed E-state index contributed by atoms with van der Waals surface area (Å²) in [5, 5.41) is 16.2. The van der Waals surface area contributed by atoms with Crippen LogP contribution in [0.2, 0.25) is 10.0 Å². The van der Waals surface area contributed by atoms with Crippen LogP contribution in [0.4, 0.5) is 13.2 Å².